The molecule has 0 aliphatic carbocycles. The second kappa shape index (κ2) is 9.69. The van der Waals surface area contributed by atoms with Crippen molar-refractivity contribution in [2.24, 2.45) is 11.8 Å². The van der Waals surface area contributed by atoms with Gasteiger partial charge in [-0.1, -0.05) is 27.7 Å². The lowest BCUT2D eigenvalue weighted by Crippen LogP contribution is -2.41. The van der Waals surface area contributed by atoms with Gasteiger partial charge < -0.3 is 5.32 Å². The molecule has 1 unspecified atom stereocenters. The van der Waals surface area contributed by atoms with Gasteiger partial charge >= 0.3 is 0 Å². The fourth-order valence-corrected chi connectivity index (χ4v) is 2.49. The van der Waals surface area contributed by atoms with E-state index in [0.29, 0.717) is 24.9 Å². The largest absolute Gasteiger partial charge is 0.317 e. The van der Waals surface area contributed by atoms with Crippen LogP contribution in [0.3, 0.4) is 0 Å². The van der Waals surface area contributed by atoms with Gasteiger partial charge in [0.2, 0.25) is 0 Å². The summed E-state index contributed by atoms with van der Waals surface area (Å²) in [5.74, 6) is 0.820. The van der Waals surface area contributed by atoms with Crippen LogP contribution in [0.1, 0.15) is 40.5 Å². The van der Waals surface area contributed by atoms with Crippen LogP contribution in [0.25, 0.3) is 0 Å². The summed E-state index contributed by atoms with van der Waals surface area (Å²) in [7, 11) is -1.70. The van der Waals surface area contributed by atoms with E-state index >= 15 is 0 Å². The Labute approximate surface area is 119 Å². The molecular formula is C13H31N3O2S. The molecule has 0 aromatic rings. The van der Waals surface area contributed by atoms with E-state index in [2.05, 4.69) is 37.7 Å². The first-order valence-corrected chi connectivity index (χ1v) is 8.66. The number of nitrogens with one attached hydrogen (secondary N) is 2. The summed E-state index contributed by atoms with van der Waals surface area (Å²) in [4.78, 5) is 0. The molecule has 0 aliphatic rings. The van der Waals surface area contributed by atoms with Crippen LogP contribution in [0.4, 0.5) is 0 Å². The van der Waals surface area contributed by atoms with Gasteiger partial charge in [-0.2, -0.15) is 12.7 Å². The third kappa shape index (κ3) is 8.57. The highest BCUT2D eigenvalue weighted by Crippen LogP contribution is 2.08. The first-order valence-electron chi connectivity index (χ1n) is 7.22. The Balaban J connectivity index is 3.97. The maximum absolute atomic E-state index is 12.0. The van der Waals surface area contributed by atoms with Crippen LogP contribution in [0, 0.1) is 11.8 Å². The molecule has 0 spiro atoms. The molecule has 0 rings (SSSR count). The molecule has 0 aromatic carbocycles. The lowest BCUT2D eigenvalue weighted by Gasteiger charge is -2.21. The predicted molar refractivity (Wildman–Crippen MR) is 81.3 cm³/mol. The Kier molecular flexibility index (Phi) is 9.60. The van der Waals surface area contributed by atoms with Crippen LogP contribution in [-0.4, -0.2) is 45.9 Å². The topological polar surface area (TPSA) is 61.4 Å². The first-order chi connectivity index (χ1) is 8.81. The first kappa shape index (κ1) is 18.8. The number of hydrogen-bond acceptors (Lipinski definition) is 3. The van der Waals surface area contributed by atoms with Crippen molar-refractivity contribution in [3.05, 3.63) is 0 Å². The maximum atomic E-state index is 12.0. The summed E-state index contributed by atoms with van der Waals surface area (Å²) in [5, 5.41) is 3.27. The third-order valence-corrected chi connectivity index (χ3v) is 4.92. The lowest BCUT2D eigenvalue weighted by molar-refractivity contribution is 0.399. The molecule has 0 fully saturated rings. The van der Waals surface area contributed by atoms with Gasteiger partial charge in [-0.3, -0.25) is 0 Å². The average Bonchev–Trinajstić information content (AvgIpc) is 2.35. The fourth-order valence-electron chi connectivity index (χ4n) is 1.43. The van der Waals surface area contributed by atoms with Crippen molar-refractivity contribution in [2.45, 2.75) is 40.5 Å². The van der Waals surface area contributed by atoms with Crippen LogP contribution >= 0.6 is 0 Å². The van der Waals surface area contributed by atoms with Crippen molar-refractivity contribution in [1.82, 2.24) is 14.3 Å². The standard InChI is InChI=1S/C13H31N3O2S/c1-6-8-14-9-7-10-16(5)19(17,18)15-11-13(4)12(2)3/h12-15H,6-11H2,1-5H3. The molecule has 0 heterocycles. The van der Waals surface area contributed by atoms with Crippen LogP contribution in [0.15, 0.2) is 0 Å². The summed E-state index contributed by atoms with van der Waals surface area (Å²) in [6, 6.07) is 0. The maximum Gasteiger partial charge on any atom is 0.279 e. The van der Waals surface area contributed by atoms with E-state index in [1.807, 2.05) is 0 Å². The lowest BCUT2D eigenvalue weighted by atomic mass is 9.99. The highest BCUT2D eigenvalue weighted by Gasteiger charge is 2.18. The molecule has 1 atom stereocenters. The van der Waals surface area contributed by atoms with E-state index in [9.17, 15) is 8.42 Å². The Bertz CT molecular complexity index is 318. The zero-order chi connectivity index (χ0) is 14.9. The average molecular weight is 293 g/mol. The van der Waals surface area contributed by atoms with Gasteiger partial charge in [-0.25, -0.2) is 4.72 Å². The fraction of sp³-hybridized carbons (Fsp3) is 1.00. The molecule has 2 N–H and O–H groups in total. The highest BCUT2D eigenvalue weighted by atomic mass is 32.2. The third-order valence-electron chi connectivity index (χ3n) is 3.39. The molecule has 0 bridgehead atoms. The van der Waals surface area contributed by atoms with E-state index < -0.39 is 10.2 Å². The van der Waals surface area contributed by atoms with Crippen molar-refractivity contribution in [2.75, 3.05) is 33.2 Å². The molecule has 6 heteroatoms. The van der Waals surface area contributed by atoms with Gasteiger partial charge in [0.15, 0.2) is 0 Å². The molecular weight excluding hydrogens is 262 g/mol. The Morgan fingerprint density at radius 1 is 1.16 bits per heavy atom. The van der Waals surface area contributed by atoms with Crippen molar-refractivity contribution < 1.29 is 8.42 Å². The molecule has 0 saturated carbocycles. The van der Waals surface area contributed by atoms with E-state index in [4.69, 9.17) is 0 Å². The molecule has 116 valence electrons. The Morgan fingerprint density at radius 3 is 2.32 bits per heavy atom. The SMILES string of the molecule is CCCNCCCN(C)S(=O)(=O)NCC(C)C(C)C. The summed E-state index contributed by atoms with van der Waals surface area (Å²) in [5.41, 5.74) is 0. The van der Waals surface area contributed by atoms with E-state index in [1.165, 1.54) is 4.31 Å². The molecule has 19 heavy (non-hydrogen) atoms. The molecule has 0 amide bonds. The minimum absolute atomic E-state index is 0.342. The van der Waals surface area contributed by atoms with Gasteiger partial charge in [-0.15, -0.1) is 0 Å². The number of rotatable bonds is 11. The van der Waals surface area contributed by atoms with E-state index in [1.54, 1.807) is 7.05 Å². The van der Waals surface area contributed by atoms with Crippen LogP contribution < -0.4 is 10.0 Å². The van der Waals surface area contributed by atoms with Crippen molar-refractivity contribution in [3.63, 3.8) is 0 Å². The monoisotopic (exact) mass is 293 g/mol. The zero-order valence-corrected chi connectivity index (χ0v) is 13.9. The van der Waals surface area contributed by atoms with Gasteiger partial charge in [0.05, 0.1) is 0 Å². The summed E-state index contributed by atoms with van der Waals surface area (Å²) in [6.07, 6.45) is 1.93. The van der Waals surface area contributed by atoms with Gasteiger partial charge in [0.25, 0.3) is 10.2 Å². The number of hydrogen-bond donors (Lipinski definition) is 2. The Hall–Kier alpha value is -0.170. The summed E-state index contributed by atoms with van der Waals surface area (Å²) in [6.45, 7) is 11.3. The number of nitrogens with zero attached hydrogens (tertiary/aromatic N) is 1. The van der Waals surface area contributed by atoms with Crippen molar-refractivity contribution in [3.8, 4) is 0 Å². The molecule has 0 aliphatic heterocycles. The second-order valence-corrected chi connectivity index (χ2v) is 7.36. The normalized spacial score (nSPS) is 14.3. The van der Waals surface area contributed by atoms with Crippen LogP contribution in [0.2, 0.25) is 0 Å². The summed E-state index contributed by atoms with van der Waals surface area (Å²) >= 11 is 0. The van der Waals surface area contributed by atoms with E-state index in [0.717, 1.165) is 25.9 Å². The van der Waals surface area contributed by atoms with Gasteiger partial charge in [0.1, 0.15) is 0 Å². The molecule has 5 nitrogen and oxygen atoms in total. The molecule has 0 radical (unpaired) electrons. The smallest absolute Gasteiger partial charge is 0.279 e. The predicted octanol–water partition coefficient (Wildman–Crippen LogP) is 1.43. The highest BCUT2D eigenvalue weighted by molar-refractivity contribution is 7.87. The quantitative estimate of drug-likeness (QED) is 0.567. The molecule has 0 saturated heterocycles. The zero-order valence-electron chi connectivity index (χ0n) is 13.1. The minimum atomic E-state index is -3.33. The van der Waals surface area contributed by atoms with Gasteiger partial charge in [-0.05, 0) is 37.8 Å². The summed E-state index contributed by atoms with van der Waals surface area (Å²) < 4.78 is 28.0. The minimum Gasteiger partial charge on any atom is -0.317 e. The van der Waals surface area contributed by atoms with Crippen molar-refractivity contribution >= 4 is 10.2 Å². The van der Waals surface area contributed by atoms with Gasteiger partial charge in [0, 0.05) is 20.1 Å². The molecule has 0 aromatic heterocycles. The second-order valence-electron chi connectivity index (χ2n) is 5.50. The van der Waals surface area contributed by atoms with E-state index in [-0.39, 0.29) is 0 Å². The van der Waals surface area contributed by atoms with Crippen LogP contribution in [-0.2, 0) is 10.2 Å². The van der Waals surface area contributed by atoms with Crippen molar-refractivity contribution in [1.29, 1.82) is 0 Å². The Morgan fingerprint density at radius 2 is 1.79 bits per heavy atom. The van der Waals surface area contributed by atoms with Crippen LogP contribution in [0.5, 0.6) is 0 Å².